The van der Waals surface area contributed by atoms with Crippen molar-refractivity contribution in [2.75, 3.05) is 16.0 Å². The van der Waals surface area contributed by atoms with E-state index in [-0.39, 0.29) is 35.9 Å². The van der Waals surface area contributed by atoms with E-state index in [0.29, 0.717) is 27.9 Å². The van der Waals surface area contributed by atoms with Gasteiger partial charge in [0.1, 0.15) is 17.1 Å². The maximum absolute atomic E-state index is 13.9. The molecule has 1 aliphatic heterocycles. The summed E-state index contributed by atoms with van der Waals surface area (Å²) in [5, 5.41) is 13.1. The van der Waals surface area contributed by atoms with Crippen molar-refractivity contribution in [1.82, 2.24) is 9.88 Å². The van der Waals surface area contributed by atoms with Gasteiger partial charge in [-0.3, -0.25) is 19.2 Å². The molecule has 10 heteroatoms. The first kappa shape index (κ1) is 31.9. The second-order valence-electron chi connectivity index (χ2n) is 12.7. The number of rotatable bonds is 8. The number of carbonyl (C=O) groups is 4. The van der Waals surface area contributed by atoms with E-state index in [9.17, 15) is 24.4 Å². The number of nitrogens with zero attached hydrogens (tertiary/aromatic N) is 4. The van der Waals surface area contributed by atoms with Gasteiger partial charge >= 0.3 is 0 Å². The first-order valence-corrected chi connectivity index (χ1v) is 16.1. The third-order valence-electron chi connectivity index (χ3n) is 8.49. The Balaban J connectivity index is 1.36. The molecule has 0 spiro atoms. The third kappa shape index (κ3) is 7.26. The standard InChI is InChI=1S/C35H37N5O4S/c1-22(41)37-27-11-13-28(14-12-27)40-31(42)18-30(34(40)44)39(20-23-8-6-5-7-9-23)32(43)21-45-33-25(19-36)16-24-17-26(35(2,3)4)10-15-29(24)38-33/h5-9,11-14,16,26,30H,10,15,17-18,20-21H2,1-4H3,(H,37,41). The number of hydrogen-bond donors (Lipinski definition) is 1. The summed E-state index contributed by atoms with van der Waals surface area (Å²) in [6.07, 6.45) is 2.57. The zero-order valence-corrected chi connectivity index (χ0v) is 26.8. The summed E-state index contributed by atoms with van der Waals surface area (Å²) >= 11 is 1.19. The van der Waals surface area contributed by atoms with Gasteiger partial charge in [0, 0.05) is 24.8 Å². The molecule has 1 fully saturated rings. The number of thioether (sulfide) groups is 1. The van der Waals surface area contributed by atoms with Gasteiger partial charge in [0.2, 0.25) is 17.7 Å². The lowest BCUT2D eigenvalue weighted by Gasteiger charge is -2.34. The van der Waals surface area contributed by atoms with Crippen molar-refractivity contribution < 1.29 is 19.2 Å². The van der Waals surface area contributed by atoms with Crippen LogP contribution in [0.1, 0.15) is 62.9 Å². The van der Waals surface area contributed by atoms with Crippen LogP contribution in [0.15, 0.2) is 65.7 Å². The molecule has 2 unspecified atom stereocenters. The molecule has 1 aromatic heterocycles. The molecule has 3 aromatic rings. The van der Waals surface area contributed by atoms with Crippen LogP contribution >= 0.6 is 11.8 Å². The molecular formula is C35H37N5O4S. The van der Waals surface area contributed by atoms with Crippen molar-refractivity contribution in [3.05, 3.63) is 83.0 Å². The third-order valence-corrected chi connectivity index (χ3v) is 9.47. The van der Waals surface area contributed by atoms with Crippen molar-refractivity contribution in [3.63, 3.8) is 0 Å². The summed E-state index contributed by atoms with van der Waals surface area (Å²) in [7, 11) is 0. The molecule has 1 saturated heterocycles. The Morgan fingerprint density at radius 2 is 1.80 bits per heavy atom. The molecule has 1 aliphatic carbocycles. The molecule has 232 valence electrons. The fraction of sp³-hybridized carbons (Fsp3) is 0.371. The minimum absolute atomic E-state index is 0.0404. The van der Waals surface area contributed by atoms with Crippen molar-refractivity contribution in [2.24, 2.45) is 11.3 Å². The summed E-state index contributed by atoms with van der Waals surface area (Å²) in [5.74, 6) is -0.987. The zero-order valence-electron chi connectivity index (χ0n) is 26.0. The lowest BCUT2D eigenvalue weighted by molar-refractivity contribution is -0.136. The van der Waals surface area contributed by atoms with Crippen LogP contribution < -0.4 is 10.2 Å². The van der Waals surface area contributed by atoms with Crippen molar-refractivity contribution in [3.8, 4) is 6.07 Å². The second-order valence-corrected chi connectivity index (χ2v) is 13.6. The van der Waals surface area contributed by atoms with E-state index in [4.69, 9.17) is 4.98 Å². The summed E-state index contributed by atoms with van der Waals surface area (Å²) in [6, 6.07) is 19.0. The molecule has 0 radical (unpaired) electrons. The van der Waals surface area contributed by atoms with E-state index in [1.807, 2.05) is 36.4 Å². The fourth-order valence-electron chi connectivity index (χ4n) is 5.97. The summed E-state index contributed by atoms with van der Waals surface area (Å²) in [6.45, 7) is 8.27. The van der Waals surface area contributed by atoms with Crippen LogP contribution in [0, 0.1) is 22.7 Å². The number of nitriles is 1. The number of benzene rings is 2. The maximum Gasteiger partial charge on any atom is 0.257 e. The molecule has 5 rings (SSSR count). The van der Waals surface area contributed by atoms with E-state index >= 15 is 0 Å². The Labute approximate surface area is 268 Å². The first-order chi connectivity index (χ1) is 21.4. The van der Waals surface area contributed by atoms with Gasteiger partial charge in [-0.1, -0.05) is 62.9 Å². The summed E-state index contributed by atoms with van der Waals surface area (Å²) in [5.41, 5.74) is 4.41. The van der Waals surface area contributed by atoms with Gasteiger partial charge in [0.05, 0.1) is 23.4 Å². The van der Waals surface area contributed by atoms with Gasteiger partial charge in [0.15, 0.2) is 0 Å². The van der Waals surface area contributed by atoms with Crippen LogP contribution in [0.4, 0.5) is 11.4 Å². The monoisotopic (exact) mass is 623 g/mol. The highest BCUT2D eigenvalue weighted by molar-refractivity contribution is 8.00. The number of carbonyl (C=O) groups excluding carboxylic acids is 4. The molecule has 4 amide bonds. The van der Waals surface area contributed by atoms with Crippen LogP contribution in [0.2, 0.25) is 0 Å². The number of aryl methyl sites for hydroxylation is 1. The van der Waals surface area contributed by atoms with Crippen molar-refractivity contribution in [1.29, 1.82) is 5.26 Å². The van der Waals surface area contributed by atoms with E-state index in [2.05, 4.69) is 32.2 Å². The predicted octanol–water partition coefficient (Wildman–Crippen LogP) is 5.52. The highest BCUT2D eigenvalue weighted by Gasteiger charge is 2.44. The molecular weight excluding hydrogens is 586 g/mol. The Morgan fingerprint density at radius 1 is 1.09 bits per heavy atom. The van der Waals surface area contributed by atoms with E-state index in [0.717, 1.165) is 41.0 Å². The Hall–Kier alpha value is -4.49. The molecule has 2 aromatic carbocycles. The number of fused-ring (bicyclic) bond motifs is 1. The molecule has 1 N–H and O–H groups in total. The molecule has 2 aliphatic rings. The SMILES string of the molecule is CC(=O)Nc1ccc(N2C(=O)CC(N(Cc3ccccc3)C(=O)CSc3nc4c(cc3C#N)CC(C(C)(C)C)CC4)C2=O)cc1. The van der Waals surface area contributed by atoms with Crippen molar-refractivity contribution >= 4 is 46.8 Å². The van der Waals surface area contributed by atoms with E-state index in [1.165, 1.54) is 23.6 Å². The van der Waals surface area contributed by atoms with Gasteiger partial charge in [-0.25, -0.2) is 9.88 Å². The van der Waals surface area contributed by atoms with Gasteiger partial charge in [-0.2, -0.15) is 5.26 Å². The van der Waals surface area contributed by atoms with Crippen LogP contribution in [0.25, 0.3) is 0 Å². The van der Waals surface area contributed by atoms with Gasteiger partial charge in [0.25, 0.3) is 5.91 Å². The Bertz CT molecular complexity index is 1660. The molecule has 2 atom stereocenters. The Morgan fingerprint density at radius 3 is 2.44 bits per heavy atom. The average Bonchev–Trinajstić information content (AvgIpc) is 3.30. The first-order valence-electron chi connectivity index (χ1n) is 15.1. The minimum atomic E-state index is -0.984. The largest absolute Gasteiger partial charge is 0.326 e. The lowest BCUT2D eigenvalue weighted by atomic mass is 9.71. The molecule has 45 heavy (non-hydrogen) atoms. The number of aromatic nitrogens is 1. The average molecular weight is 624 g/mol. The number of hydrogen-bond acceptors (Lipinski definition) is 7. The van der Waals surface area contributed by atoms with E-state index < -0.39 is 17.9 Å². The molecule has 0 bridgehead atoms. The number of imide groups is 1. The smallest absolute Gasteiger partial charge is 0.257 e. The molecule has 9 nitrogen and oxygen atoms in total. The zero-order chi connectivity index (χ0) is 32.3. The highest BCUT2D eigenvalue weighted by Crippen LogP contribution is 2.38. The minimum Gasteiger partial charge on any atom is -0.326 e. The number of amides is 4. The summed E-state index contributed by atoms with van der Waals surface area (Å²) < 4.78 is 0. The quantitative estimate of drug-likeness (QED) is 0.259. The second kappa shape index (κ2) is 13.2. The number of pyridine rings is 1. The number of anilines is 2. The predicted molar refractivity (Wildman–Crippen MR) is 173 cm³/mol. The van der Waals surface area contributed by atoms with Gasteiger partial charge in [-0.15, -0.1) is 0 Å². The lowest BCUT2D eigenvalue weighted by Crippen LogP contribution is -2.45. The molecule has 2 heterocycles. The van der Waals surface area contributed by atoms with Crippen LogP contribution in [-0.2, 0) is 38.6 Å². The highest BCUT2D eigenvalue weighted by atomic mass is 32.2. The number of nitrogens with one attached hydrogen (secondary N) is 1. The van der Waals surface area contributed by atoms with Crippen LogP contribution in [0.3, 0.4) is 0 Å². The molecule has 0 saturated carbocycles. The topological polar surface area (TPSA) is 123 Å². The summed E-state index contributed by atoms with van der Waals surface area (Å²) in [4.78, 5) is 59.5. The van der Waals surface area contributed by atoms with Crippen molar-refractivity contribution in [2.45, 2.75) is 71.0 Å². The fourth-order valence-corrected chi connectivity index (χ4v) is 6.83. The van der Waals surface area contributed by atoms with Crippen LogP contribution in [0.5, 0.6) is 0 Å². The van der Waals surface area contributed by atoms with Crippen LogP contribution in [-0.4, -0.2) is 45.3 Å². The normalized spacial score (nSPS) is 17.9. The van der Waals surface area contributed by atoms with Gasteiger partial charge < -0.3 is 10.2 Å². The maximum atomic E-state index is 13.9. The van der Waals surface area contributed by atoms with Gasteiger partial charge in [-0.05, 0) is 72.1 Å². The van der Waals surface area contributed by atoms with E-state index in [1.54, 1.807) is 24.3 Å². The Kier molecular flexibility index (Phi) is 9.40.